The van der Waals surface area contributed by atoms with Crippen LogP contribution in [0.25, 0.3) is 0 Å². The second-order valence-electron chi connectivity index (χ2n) is 6.33. The third-order valence-electron chi connectivity index (χ3n) is 3.99. The first kappa shape index (κ1) is 17.4. The Hall–Kier alpha value is -2.46. The van der Waals surface area contributed by atoms with E-state index in [1.165, 1.54) is 5.56 Å². The summed E-state index contributed by atoms with van der Waals surface area (Å²) in [6, 6.07) is 18.0. The Balaban J connectivity index is 1.69. The molecule has 0 aliphatic carbocycles. The van der Waals surface area contributed by atoms with E-state index >= 15 is 0 Å². The second-order valence-corrected chi connectivity index (χ2v) is 7.22. The molecule has 4 heteroatoms. The van der Waals surface area contributed by atoms with E-state index in [1.54, 1.807) is 11.3 Å². The minimum atomic E-state index is -0.0503. The van der Waals surface area contributed by atoms with Crippen molar-refractivity contribution in [1.29, 1.82) is 0 Å². The van der Waals surface area contributed by atoms with Crippen LogP contribution in [-0.4, -0.2) is 10.9 Å². The van der Waals surface area contributed by atoms with Crippen LogP contribution in [0.2, 0.25) is 0 Å². The topological polar surface area (TPSA) is 42.0 Å². The van der Waals surface area contributed by atoms with Crippen molar-refractivity contribution in [2.24, 2.45) is 0 Å². The standard InChI is InChI=1S/C21H22N2OS/c1-15(2)21-23-18(14-25-21)13-22-20(24)19-11-7-6-10-17(19)12-16-8-4-3-5-9-16/h3-11,14-15H,12-13H2,1-2H3,(H,22,24). The molecular formula is C21H22N2OS. The summed E-state index contributed by atoms with van der Waals surface area (Å²) in [5, 5.41) is 6.12. The Labute approximate surface area is 152 Å². The molecule has 1 N–H and O–H groups in total. The fraction of sp³-hybridized carbons (Fsp3) is 0.238. The van der Waals surface area contributed by atoms with Gasteiger partial charge in [0, 0.05) is 16.9 Å². The van der Waals surface area contributed by atoms with Crippen molar-refractivity contribution in [3.8, 4) is 0 Å². The number of aromatic nitrogens is 1. The molecule has 0 saturated carbocycles. The van der Waals surface area contributed by atoms with Gasteiger partial charge in [-0.05, 0) is 23.6 Å². The van der Waals surface area contributed by atoms with Crippen molar-refractivity contribution in [2.45, 2.75) is 32.7 Å². The van der Waals surface area contributed by atoms with Crippen LogP contribution in [0.4, 0.5) is 0 Å². The van der Waals surface area contributed by atoms with Crippen molar-refractivity contribution < 1.29 is 4.79 Å². The molecule has 25 heavy (non-hydrogen) atoms. The van der Waals surface area contributed by atoms with E-state index in [2.05, 4.69) is 36.3 Å². The zero-order chi connectivity index (χ0) is 17.6. The van der Waals surface area contributed by atoms with Crippen molar-refractivity contribution in [3.05, 3.63) is 87.4 Å². The predicted octanol–water partition coefficient (Wildman–Crippen LogP) is 4.79. The molecule has 2 aromatic carbocycles. The van der Waals surface area contributed by atoms with Gasteiger partial charge in [0.25, 0.3) is 5.91 Å². The van der Waals surface area contributed by atoms with Crippen LogP contribution in [0.1, 0.15) is 52.0 Å². The van der Waals surface area contributed by atoms with Gasteiger partial charge in [-0.3, -0.25) is 4.79 Å². The quantitative estimate of drug-likeness (QED) is 0.695. The first-order valence-electron chi connectivity index (χ1n) is 8.48. The van der Waals surface area contributed by atoms with E-state index in [0.717, 1.165) is 28.2 Å². The summed E-state index contributed by atoms with van der Waals surface area (Å²) in [4.78, 5) is 17.2. The van der Waals surface area contributed by atoms with Crippen LogP contribution in [0, 0.1) is 0 Å². The van der Waals surface area contributed by atoms with Gasteiger partial charge < -0.3 is 5.32 Å². The third kappa shape index (κ3) is 4.54. The highest BCUT2D eigenvalue weighted by Crippen LogP contribution is 2.19. The van der Waals surface area contributed by atoms with E-state index in [-0.39, 0.29) is 5.91 Å². The van der Waals surface area contributed by atoms with Crippen LogP contribution in [0.15, 0.2) is 60.0 Å². The number of amides is 1. The number of hydrogen-bond acceptors (Lipinski definition) is 3. The molecule has 1 aromatic heterocycles. The third-order valence-corrected chi connectivity index (χ3v) is 5.19. The van der Waals surface area contributed by atoms with Crippen LogP contribution in [0.3, 0.4) is 0 Å². The molecule has 0 aliphatic heterocycles. The fourth-order valence-corrected chi connectivity index (χ4v) is 3.48. The summed E-state index contributed by atoms with van der Waals surface area (Å²) in [5.74, 6) is 0.367. The maximum Gasteiger partial charge on any atom is 0.251 e. The monoisotopic (exact) mass is 350 g/mol. The minimum Gasteiger partial charge on any atom is -0.346 e. The molecule has 0 atom stereocenters. The Morgan fingerprint density at radius 1 is 1.08 bits per heavy atom. The Kier molecular flexibility index (Phi) is 5.61. The fourth-order valence-electron chi connectivity index (χ4n) is 2.65. The smallest absolute Gasteiger partial charge is 0.251 e. The van der Waals surface area contributed by atoms with Crippen molar-refractivity contribution in [3.63, 3.8) is 0 Å². The Morgan fingerprint density at radius 2 is 1.80 bits per heavy atom. The van der Waals surface area contributed by atoms with E-state index in [0.29, 0.717) is 12.5 Å². The molecule has 0 bridgehead atoms. The SMILES string of the molecule is CC(C)c1nc(CNC(=O)c2ccccc2Cc2ccccc2)cs1. The van der Waals surface area contributed by atoms with Crippen LogP contribution < -0.4 is 5.32 Å². The van der Waals surface area contributed by atoms with Crippen LogP contribution >= 0.6 is 11.3 Å². The lowest BCUT2D eigenvalue weighted by Crippen LogP contribution is -2.24. The molecule has 0 saturated heterocycles. The second kappa shape index (κ2) is 8.08. The summed E-state index contributed by atoms with van der Waals surface area (Å²) in [5.41, 5.74) is 3.88. The van der Waals surface area contributed by atoms with Gasteiger partial charge in [0.2, 0.25) is 0 Å². The molecule has 3 nitrogen and oxygen atoms in total. The molecule has 0 fully saturated rings. The summed E-state index contributed by atoms with van der Waals surface area (Å²) in [6.45, 7) is 4.71. The number of rotatable bonds is 6. The number of nitrogens with one attached hydrogen (secondary N) is 1. The summed E-state index contributed by atoms with van der Waals surface area (Å²) in [7, 11) is 0. The van der Waals surface area contributed by atoms with Crippen LogP contribution in [0.5, 0.6) is 0 Å². The first-order valence-corrected chi connectivity index (χ1v) is 9.36. The molecule has 3 rings (SSSR count). The number of nitrogens with zero attached hydrogens (tertiary/aromatic N) is 1. The van der Waals surface area contributed by atoms with E-state index in [1.807, 2.05) is 47.8 Å². The van der Waals surface area contributed by atoms with Gasteiger partial charge in [-0.2, -0.15) is 0 Å². The lowest BCUT2D eigenvalue weighted by atomic mass is 9.99. The molecule has 0 unspecified atom stereocenters. The molecule has 3 aromatic rings. The highest BCUT2D eigenvalue weighted by Gasteiger charge is 2.12. The summed E-state index contributed by atoms with van der Waals surface area (Å²) in [6.07, 6.45) is 0.749. The lowest BCUT2D eigenvalue weighted by molar-refractivity contribution is 0.0949. The van der Waals surface area contributed by atoms with Crippen LogP contribution in [-0.2, 0) is 13.0 Å². The summed E-state index contributed by atoms with van der Waals surface area (Å²) >= 11 is 1.65. The van der Waals surface area contributed by atoms with Gasteiger partial charge in [0.15, 0.2) is 0 Å². The average molecular weight is 350 g/mol. The molecule has 0 spiro atoms. The molecule has 0 radical (unpaired) electrons. The summed E-state index contributed by atoms with van der Waals surface area (Å²) < 4.78 is 0. The van der Waals surface area contributed by atoms with E-state index < -0.39 is 0 Å². The molecular weight excluding hydrogens is 328 g/mol. The van der Waals surface area contributed by atoms with Gasteiger partial charge in [-0.1, -0.05) is 62.4 Å². The maximum absolute atomic E-state index is 12.6. The Bertz CT molecular complexity index is 840. The Morgan fingerprint density at radius 3 is 2.52 bits per heavy atom. The minimum absolute atomic E-state index is 0.0503. The van der Waals surface area contributed by atoms with Gasteiger partial charge in [-0.25, -0.2) is 4.98 Å². The molecule has 1 heterocycles. The van der Waals surface area contributed by atoms with Gasteiger partial charge in [0.1, 0.15) is 0 Å². The average Bonchev–Trinajstić information content (AvgIpc) is 3.10. The first-order chi connectivity index (χ1) is 12.1. The van der Waals surface area contributed by atoms with Crippen molar-refractivity contribution >= 4 is 17.2 Å². The number of carbonyl (C=O) groups excluding carboxylic acids is 1. The number of thiazole rings is 1. The largest absolute Gasteiger partial charge is 0.346 e. The van der Waals surface area contributed by atoms with Crippen molar-refractivity contribution in [1.82, 2.24) is 10.3 Å². The van der Waals surface area contributed by atoms with Gasteiger partial charge in [-0.15, -0.1) is 11.3 Å². The normalized spacial score (nSPS) is 10.8. The number of hydrogen-bond donors (Lipinski definition) is 1. The maximum atomic E-state index is 12.6. The van der Waals surface area contributed by atoms with Gasteiger partial charge >= 0.3 is 0 Å². The molecule has 0 aliphatic rings. The predicted molar refractivity (Wildman–Crippen MR) is 103 cm³/mol. The van der Waals surface area contributed by atoms with E-state index in [9.17, 15) is 4.79 Å². The highest BCUT2D eigenvalue weighted by atomic mass is 32.1. The zero-order valence-electron chi connectivity index (χ0n) is 14.5. The molecule has 1 amide bonds. The molecule has 128 valence electrons. The number of benzene rings is 2. The number of carbonyl (C=O) groups is 1. The highest BCUT2D eigenvalue weighted by molar-refractivity contribution is 7.09. The van der Waals surface area contributed by atoms with Gasteiger partial charge in [0.05, 0.1) is 17.2 Å². The van der Waals surface area contributed by atoms with E-state index in [4.69, 9.17) is 0 Å². The lowest BCUT2D eigenvalue weighted by Gasteiger charge is -2.10. The van der Waals surface area contributed by atoms with Crippen molar-refractivity contribution in [2.75, 3.05) is 0 Å². The zero-order valence-corrected chi connectivity index (χ0v) is 15.3.